The number of nitrogens with two attached hydrogens (primary N) is 1. The van der Waals surface area contributed by atoms with Crippen molar-refractivity contribution in [2.75, 3.05) is 13.1 Å². The van der Waals surface area contributed by atoms with Crippen LogP contribution in [-0.2, 0) is 14.3 Å². The molecule has 0 radical (unpaired) electrons. The molecule has 0 aromatic heterocycles. The number of hydrogen-bond donors (Lipinski definition) is 2. The zero-order valence-corrected chi connectivity index (χ0v) is 15.3. The number of hydrogen-bond acceptors (Lipinski definition) is 4. The van der Waals surface area contributed by atoms with Crippen molar-refractivity contribution < 1.29 is 14.3 Å². The molecular formula is C19H30N2O3. The lowest BCUT2D eigenvalue weighted by Gasteiger charge is -2.36. The Bertz CT molecular complexity index is 533. The average molecular weight is 334 g/mol. The highest BCUT2D eigenvalue weighted by atomic mass is 16.5. The Balaban J connectivity index is 2.88. The van der Waals surface area contributed by atoms with Crippen LogP contribution in [-0.4, -0.2) is 25.0 Å². The molecule has 134 valence electrons. The second-order valence-corrected chi connectivity index (χ2v) is 6.90. The maximum absolute atomic E-state index is 12.8. The Hall–Kier alpha value is -1.88. The standard InChI is InChI=1S/C19H30N2O3/c1-13(2)19(5,14(3)4)18(23)21-12-16(24-17(22)11-20)15-9-7-6-8-10-15/h6-10,13-14,16H,11-12,20H2,1-5H3,(H,21,23)/t16-/m1/s1. The number of carbonyl (C=O) groups excluding carboxylic acids is 2. The van der Waals surface area contributed by atoms with Gasteiger partial charge in [0.15, 0.2) is 0 Å². The molecule has 1 rings (SSSR count). The monoisotopic (exact) mass is 334 g/mol. The van der Waals surface area contributed by atoms with E-state index < -0.39 is 17.5 Å². The molecule has 1 aromatic rings. The van der Waals surface area contributed by atoms with Gasteiger partial charge in [-0.2, -0.15) is 0 Å². The molecule has 0 saturated heterocycles. The van der Waals surface area contributed by atoms with E-state index in [-0.39, 0.29) is 30.8 Å². The molecule has 1 atom stereocenters. The van der Waals surface area contributed by atoms with E-state index in [2.05, 4.69) is 5.32 Å². The van der Waals surface area contributed by atoms with Gasteiger partial charge in [-0.25, -0.2) is 0 Å². The van der Waals surface area contributed by atoms with Gasteiger partial charge < -0.3 is 15.8 Å². The van der Waals surface area contributed by atoms with Crippen molar-refractivity contribution in [3.05, 3.63) is 35.9 Å². The second-order valence-electron chi connectivity index (χ2n) is 6.90. The van der Waals surface area contributed by atoms with E-state index in [9.17, 15) is 9.59 Å². The molecule has 0 spiro atoms. The highest BCUT2D eigenvalue weighted by molar-refractivity contribution is 5.82. The van der Waals surface area contributed by atoms with Gasteiger partial charge in [0.1, 0.15) is 6.10 Å². The predicted octanol–water partition coefficient (Wildman–Crippen LogP) is 2.66. The summed E-state index contributed by atoms with van der Waals surface area (Å²) in [5, 5.41) is 2.96. The van der Waals surface area contributed by atoms with Crippen molar-refractivity contribution >= 4 is 11.9 Å². The molecule has 0 aliphatic heterocycles. The number of amides is 1. The SMILES string of the molecule is CC(C)C(C)(C(=O)NC[C@@H](OC(=O)CN)c1ccccc1)C(C)C. The molecule has 5 heteroatoms. The number of nitrogens with one attached hydrogen (secondary N) is 1. The van der Waals surface area contributed by atoms with Gasteiger partial charge in [0.05, 0.1) is 18.5 Å². The summed E-state index contributed by atoms with van der Waals surface area (Å²) in [5.41, 5.74) is 5.68. The smallest absolute Gasteiger partial charge is 0.320 e. The third-order valence-corrected chi connectivity index (χ3v) is 4.95. The zero-order valence-electron chi connectivity index (χ0n) is 15.3. The summed E-state index contributed by atoms with van der Waals surface area (Å²) >= 11 is 0. The number of rotatable bonds is 8. The van der Waals surface area contributed by atoms with Crippen LogP contribution in [0.5, 0.6) is 0 Å². The van der Waals surface area contributed by atoms with E-state index in [4.69, 9.17) is 10.5 Å². The average Bonchev–Trinajstić information content (AvgIpc) is 2.57. The van der Waals surface area contributed by atoms with Gasteiger partial charge in [0.25, 0.3) is 0 Å². The fraction of sp³-hybridized carbons (Fsp3) is 0.579. The number of benzene rings is 1. The molecule has 1 amide bonds. The molecule has 0 saturated carbocycles. The van der Waals surface area contributed by atoms with E-state index in [0.29, 0.717) is 0 Å². The lowest BCUT2D eigenvalue weighted by Crippen LogP contribution is -2.47. The normalized spacial score (nSPS) is 13.0. The highest BCUT2D eigenvalue weighted by Gasteiger charge is 2.39. The largest absolute Gasteiger partial charge is 0.455 e. The Kier molecular flexibility index (Phi) is 7.42. The molecule has 3 N–H and O–H groups in total. The summed E-state index contributed by atoms with van der Waals surface area (Å²) in [7, 11) is 0. The van der Waals surface area contributed by atoms with Crippen LogP contribution in [0.4, 0.5) is 0 Å². The molecule has 0 fully saturated rings. The highest BCUT2D eigenvalue weighted by Crippen LogP contribution is 2.35. The number of esters is 1. The van der Waals surface area contributed by atoms with Gasteiger partial charge in [0.2, 0.25) is 5.91 Å². The second kappa shape index (κ2) is 8.83. The zero-order chi connectivity index (χ0) is 18.3. The van der Waals surface area contributed by atoms with Crippen molar-refractivity contribution in [2.45, 2.75) is 40.7 Å². The Morgan fingerprint density at radius 2 is 1.67 bits per heavy atom. The molecular weight excluding hydrogens is 304 g/mol. The summed E-state index contributed by atoms with van der Waals surface area (Å²) < 4.78 is 5.39. The van der Waals surface area contributed by atoms with E-state index in [0.717, 1.165) is 5.56 Å². The van der Waals surface area contributed by atoms with Crippen LogP contribution >= 0.6 is 0 Å². The molecule has 0 aliphatic rings. The summed E-state index contributed by atoms with van der Waals surface area (Å²) in [6.07, 6.45) is -0.547. The van der Waals surface area contributed by atoms with E-state index in [1.807, 2.05) is 65.0 Å². The van der Waals surface area contributed by atoms with Crippen LogP contribution in [0.15, 0.2) is 30.3 Å². The van der Waals surface area contributed by atoms with Gasteiger partial charge >= 0.3 is 5.97 Å². The first kappa shape index (κ1) is 20.2. The van der Waals surface area contributed by atoms with Crippen LogP contribution in [0.3, 0.4) is 0 Å². The van der Waals surface area contributed by atoms with Gasteiger partial charge in [-0.15, -0.1) is 0 Å². The van der Waals surface area contributed by atoms with Crippen molar-refractivity contribution in [1.82, 2.24) is 5.32 Å². The summed E-state index contributed by atoms with van der Waals surface area (Å²) in [6, 6.07) is 9.35. The van der Waals surface area contributed by atoms with Gasteiger partial charge in [-0.1, -0.05) is 65.0 Å². The minimum Gasteiger partial charge on any atom is -0.455 e. The lowest BCUT2D eigenvalue weighted by molar-refractivity contribution is -0.149. The van der Waals surface area contributed by atoms with Crippen molar-refractivity contribution in [3.8, 4) is 0 Å². The first-order valence-corrected chi connectivity index (χ1v) is 8.46. The predicted molar refractivity (Wildman–Crippen MR) is 95.1 cm³/mol. The van der Waals surface area contributed by atoms with Crippen molar-refractivity contribution in [3.63, 3.8) is 0 Å². The van der Waals surface area contributed by atoms with Crippen LogP contribution in [0.1, 0.15) is 46.3 Å². The minimum atomic E-state index is -0.547. The van der Waals surface area contributed by atoms with Crippen LogP contribution in [0.25, 0.3) is 0 Å². The number of carbonyl (C=O) groups is 2. The van der Waals surface area contributed by atoms with Crippen LogP contribution in [0, 0.1) is 17.3 Å². The fourth-order valence-corrected chi connectivity index (χ4v) is 2.67. The summed E-state index contributed by atoms with van der Waals surface area (Å²) in [4.78, 5) is 24.4. The Labute approximate surface area is 145 Å². The van der Waals surface area contributed by atoms with Gasteiger partial charge in [-0.05, 0) is 17.4 Å². The fourth-order valence-electron chi connectivity index (χ4n) is 2.67. The molecule has 1 aromatic carbocycles. The molecule has 0 unspecified atom stereocenters. The van der Waals surface area contributed by atoms with Gasteiger partial charge in [-0.3, -0.25) is 9.59 Å². The van der Waals surface area contributed by atoms with Crippen LogP contribution in [0.2, 0.25) is 0 Å². The maximum Gasteiger partial charge on any atom is 0.320 e. The topological polar surface area (TPSA) is 81.4 Å². The summed E-state index contributed by atoms with van der Waals surface area (Å²) in [6.45, 7) is 10.2. The number of ether oxygens (including phenoxy) is 1. The van der Waals surface area contributed by atoms with Gasteiger partial charge in [0, 0.05) is 0 Å². The molecule has 5 nitrogen and oxygen atoms in total. The minimum absolute atomic E-state index is 0.0303. The summed E-state index contributed by atoms with van der Waals surface area (Å²) in [5.74, 6) is -0.135. The molecule has 0 heterocycles. The Morgan fingerprint density at radius 3 is 2.12 bits per heavy atom. The quantitative estimate of drug-likeness (QED) is 0.716. The lowest BCUT2D eigenvalue weighted by atomic mass is 9.70. The van der Waals surface area contributed by atoms with E-state index >= 15 is 0 Å². The first-order valence-electron chi connectivity index (χ1n) is 8.46. The third kappa shape index (κ3) is 4.81. The van der Waals surface area contributed by atoms with Crippen molar-refractivity contribution in [2.24, 2.45) is 23.0 Å². The maximum atomic E-state index is 12.8. The van der Waals surface area contributed by atoms with E-state index in [1.54, 1.807) is 0 Å². The van der Waals surface area contributed by atoms with Crippen LogP contribution < -0.4 is 11.1 Å². The first-order chi connectivity index (χ1) is 11.2. The van der Waals surface area contributed by atoms with Crippen molar-refractivity contribution in [1.29, 1.82) is 0 Å². The molecule has 0 aliphatic carbocycles. The third-order valence-electron chi connectivity index (χ3n) is 4.95. The van der Waals surface area contributed by atoms with E-state index in [1.165, 1.54) is 0 Å². The molecule has 0 bridgehead atoms. The molecule has 24 heavy (non-hydrogen) atoms. The Morgan fingerprint density at radius 1 is 1.12 bits per heavy atom.